The van der Waals surface area contributed by atoms with E-state index < -0.39 is 0 Å². The summed E-state index contributed by atoms with van der Waals surface area (Å²) in [4.78, 5) is 15.9. The molecule has 1 heterocycles. The van der Waals surface area contributed by atoms with Crippen LogP contribution in [0.2, 0.25) is 0 Å². The van der Waals surface area contributed by atoms with Gasteiger partial charge in [-0.1, -0.05) is 15.9 Å². The Hall–Kier alpha value is -1.40. The number of pyridine rings is 1. The number of aromatic nitrogens is 1. The van der Waals surface area contributed by atoms with Gasteiger partial charge in [0.05, 0.1) is 23.1 Å². The fraction of sp³-hybridized carbons (Fsp3) is 0. The predicted octanol–water partition coefficient (Wildman–Crippen LogP) is 3.44. The summed E-state index contributed by atoms with van der Waals surface area (Å²) in [5.74, 6) is -0.270. The molecule has 0 aliphatic rings. The quantitative estimate of drug-likeness (QED) is 0.850. The first-order valence-corrected chi connectivity index (χ1v) is 6.62. The van der Waals surface area contributed by atoms with Crippen molar-refractivity contribution >= 4 is 49.1 Å². The van der Waals surface area contributed by atoms with E-state index in [-0.39, 0.29) is 5.91 Å². The minimum atomic E-state index is -0.270. The van der Waals surface area contributed by atoms with Gasteiger partial charge in [0, 0.05) is 15.1 Å². The third-order valence-electron chi connectivity index (χ3n) is 2.27. The lowest BCUT2D eigenvalue weighted by molar-refractivity contribution is 0.102. The maximum absolute atomic E-state index is 12.0. The first-order chi connectivity index (χ1) is 8.58. The van der Waals surface area contributed by atoms with Crippen molar-refractivity contribution in [2.24, 2.45) is 0 Å². The van der Waals surface area contributed by atoms with Crippen LogP contribution in [0.25, 0.3) is 0 Å². The smallest absolute Gasteiger partial charge is 0.257 e. The van der Waals surface area contributed by atoms with Crippen LogP contribution in [0.1, 0.15) is 10.4 Å². The summed E-state index contributed by atoms with van der Waals surface area (Å²) in [6, 6.07) is 7.10. The van der Waals surface area contributed by atoms with Crippen LogP contribution in [0.15, 0.2) is 45.6 Å². The van der Waals surface area contributed by atoms with Gasteiger partial charge in [0.1, 0.15) is 0 Å². The molecule has 0 aliphatic carbocycles. The number of nitrogens with zero attached hydrogens (tertiary/aromatic N) is 1. The van der Waals surface area contributed by atoms with E-state index in [9.17, 15) is 4.79 Å². The van der Waals surface area contributed by atoms with E-state index in [1.54, 1.807) is 12.1 Å². The van der Waals surface area contributed by atoms with Crippen LogP contribution in [0.5, 0.6) is 0 Å². The van der Waals surface area contributed by atoms with Crippen molar-refractivity contribution in [1.29, 1.82) is 0 Å². The molecule has 1 aromatic carbocycles. The zero-order valence-electron chi connectivity index (χ0n) is 9.15. The number of carbonyl (C=O) groups excluding carboxylic acids is 1. The van der Waals surface area contributed by atoms with Crippen LogP contribution in [0.4, 0.5) is 11.4 Å². The van der Waals surface area contributed by atoms with Crippen LogP contribution in [-0.4, -0.2) is 10.9 Å². The Morgan fingerprint density at radius 3 is 2.78 bits per heavy atom. The van der Waals surface area contributed by atoms with Gasteiger partial charge in [-0.25, -0.2) is 0 Å². The molecule has 0 fully saturated rings. The molecule has 3 N–H and O–H groups in total. The number of halogens is 2. The lowest BCUT2D eigenvalue weighted by Crippen LogP contribution is -2.14. The second-order valence-corrected chi connectivity index (χ2v) is 5.31. The molecule has 0 saturated carbocycles. The minimum absolute atomic E-state index is 0.270. The number of anilines is 2. The van der Waals surface area contributed by atoms with Crippen LogP contribution >= 0.6 is 31.9 Å². The highest BCUT2D eigenvalue weighted by Gasteiger charge is 2.11. The number of hydrogen-bond acceptors (Lipinski definition) is 3. The van der Waals surface area contributed by atoms with Crippen molar-refractivity contribution in [3.63, 3.8) is 0 Å². The first-order valence-electron chi connectivity index (χ1n) is 5.04. The van der Waals surface area contributed by atoms with E-state index >= 15 is 0 Å². The lowest BCUT2D eigenvalue weighted by Gasteiger charge is -2.09. The number of nitrogens with two attached hydrogens (primary N) is 1. The van der Waals surface area contributed by atoms with Crippen LogP contribution in [0.3, 0.4) is 0 Å². The Bertz CT molecular complexity index is 602. The van der Waals surface area contributed by atoms with Gasteiger partial charge in [-0.15, -0.1) is 0 Å². The van der Waals surface area contributed by atoms with Crippen LogP contribution in [-0.2, 0) is 0 Å². The summed E-state index contributed by atoms with van der Waals surface area (Å²) in [5, 5.41) is 2.78. The molecule has 0 spiro atoms. The molecule has 18 heavy (non-hydrogen) atoms. The van der Waals surface area contributed by atoms with Crippen LogP contribution < -0.4 is 11.1 Å². The number of nitrogen functional groups attached to an aromatic ring is 1. The largest absolute Gasteiger partial charge is 0.397 e. The van der Waals surface area contributed by atoms with E-state index in [2.05, 4.69) is 42.2 Å². The SMILES string of the molecule is Nc1cnccc1C(=O)Nc1cc(Br)ccc1Br. The number of hydrogen-bond donors (Lipinski definition) is 2. The highest BCUT2D eigenvalue weighted by molar-refractivity contribution is 9.11. The van der Waals surface area contributed by atoms with Crippen molar-refractivity contribution in [3.05, 3.63) is 51.2 Å². The van der Waals surface area contributed by atoms with Crippen molar-refractivity contribution in [3.8, 4) is 0 Å². The number of nitrogens with one attached hydrogen (secondary N) is 1. The molecule has 0 bridgehead atoms. The van der Waals surface area contributed by atoms with Gasteiger partial charge in [0.25, 0.3) is 5.91 Å². The molecule has 0 saturated heterocycles. The number of amides is 1. The molecule has 2 rings (SSSR count). The predicted molar refractivity (Wildman–Crippen MR) is 78.4 cm³/mol. The molecule has 6 heteroatoms. The molecule has 0 radical (unpaired) electrons. The average molecular weight is 371 g/mol. The van der Waals surface area contributed by atoms with Crippen molar-refractivity contribution in [2.75, 3.05) is 11.1 Å². The molecule has 0 aliphatic heterocycles. The maximum atomic E-state index is 12.0. The second kappa shape index (κ2) is 5.49. The number of benzene rings is 1. The minimum Gasteiger partial charge on any atom is -0.397 e. The molecular weight excluding hydrogens is 362 g/mol. The average Bonchev–Trinajstić information content (AvgIpc) is 2.34. The summed E-state index contributed by atoms with van der Waals surface area (Å²) >= 11 is 6.72. The van der Waals surface area contributed by atoms with E-state index in [0.29, 0.717) is 16.9 Å². The fourth-order valence-corrected chi connectivity index (χ4v) is 2.10. The molecule has 1 aromatic heterocycles. The number of rotatable bonds is 2. The molecule has 4 nitrogen and oxygen atoms in total. The van der Waals surface area contributed by atoms with E-state index in [1.807, 2.05) is 12.1 Å². The zero-order chi connectivity index (χ0) is 13.1. The summed E-state index contributed by atoms with van der Waals surface area (Å²) in [5.41, 5.74) is 7.12. The fourth-order valence-electron chi connectivity index (χ4n) is 1.40. The number of carbonyl (C=O) groups is 1. The Morgan fingerprint density at radius 2 is 2.06 bits per heavy atom. The molecule has 0 unspecified atom stereocenters. The molecule has 92 valence electrons. The summed E-state index contributed by atoms with van der Waals surface area (Å²) in [6.07, 6.45) is 2.98. The second-order valence-electron chi connectivity index (χ2n) is 3.54. The maximum Gasteiger partial charge on any atom is 0.257 e. The third-order valence-corrected chi connectivity index (χ3v) is 3.46. The zero-order valence-corrected chi connectivity index (χ0v) is 12.3. The van der Waals surface area contributed by atoms with Gasteiger partial charge in [-0.2, -0.15) is 0 Å². The van der Waals surface area contributed by atoms with Gasteiger partial charge in [0.15, 0.2) is 0 Å². The first kappa shape index (κ1) is 13.0. The van der Waals surface area contributed by atoms with Crippen LogP contribution in [0, 0.1) is 0 Å². The summed E-state index contributed by atoms with van der Waals surface area (Å²) < 4.78 is 1.68. The van der Waals surface area contributed by atoms with Crippen molar-refractivity contribution < 1.29 is 4.79 Å². The normalized spacial score (nSPS) is 10.1. The molecular formula is C12H9Br2N3O. The van der Waals surface area contributed by atoms with E-state index in [0.717, 1.165) is 8.95 Å². The monoisotopic (exact) mass is 369 g/mol. The highest BCUT2D eigenvalue weighted by atomic mass is 79.9. The standard InChI is InChI=1S/C12H9Br2N3O/c13-7-1-2-9(14)11(5-7)17-12(18)8-3-4-16-6-10(8)15/h1-6H,15H2,(H,17,18). The Labute approximate surface area is 121 Å². The molecule has 2 aromatic rings. The van der Waals surface area contributed by atoms with Crippen molar-refractivity contribution in [1.82, 2.24) is 4.98 Å². The van der Waals surface area contributed by atoms with Gasteiger partial charge in [-0.3, -0.25) is 9.78 Å². The highest BCUT2D eigenvalue weighted by Crippen LogP contribution is 2.26. The lowest BCUT2D eigenvalue weighted by atomic mass is 10.2. The Balaban J connectivity index is 2.27. The topological polar surface area (TPSA) is 68.0 Å². The Morgan fingerprint density at radius 1 is 1.28 bits per heavy atom. The van der Waals surface area contributed by atoms with Gasteiger partial charge in [0.2, 0.25) is 0 Å². The van der Waals surface area contributed by atoms with Crippen molar-refractivity contribution in [2.45, 2.75) is 0 Å². The summed E-state index contributed by atoms with van der Waals surface area (Å²) in [7, 11) is 0. The van der Waals surface area contributed by atoms with Gasteiger partial charge >= 0.3 is 0 Å². The third kappa shape index (κ3) is 2.88. The molecule has 0 atom stereocenters. The van der Waals surface area contributed by atoms with Gasteiger partial charge in [-0.05, 0) is 40.2 Å². The summed E-state index contributed by atoms with van der Waals surface area (Å²) in [6.45, 7) is 0. The Kier molecular flexibility index (Phi) is 3.98. The molecule has 1 amide bonds. The van der Waals surface area contributed by atoms with E-state index in [1.165, 1.54) is 12.4 Å². The van der Waals surface area contributed by atoms with Gasteiger partial charge < -0.3 is 11.1 Å². The van der Waals surface area contributed by atoms with E-state index in [4.69, 9.17) is 5.73 Å².